The van der Waals surface area contributed by atoms with Gasteiger partial charge in [0.1, 0.15) is 0 Å². The molecule has 1 aliphatic heterocycles. The molecule has 2 aliphatic rings. The molecule has 0 aromatic heterocycles. The molecule has 1 aromatic carbocycles. The Hall–Kier alpha value is -1.39. The zero-order valence-corrected chi connectivity index (χ0v) is 13.3. The lowest BCUT2D eigenvalue weighted by atomic mass is 10.0. The van der Waals surface area contributed by atoms with Crippen molar-refractivity contribution in [3.63, 3.8) is 0 Å². The highest BCUT2D eigenvalue weighted by molar-refractivity contribution is 5.94. The zero-order valence-electron chi connectivity index (χ0n) is 13.3. The predicted molar refractivity (Wildman–Crippen MR) is 88.7 cm³/mol. The fourth-order valence-electron chi connectivity index (χ4n) is 3.74. The number of piperidine rings is 1. The number of hydrogen-bond acceptors (Lipinski definition) is 3. The Morgan fingerprint density at radius 1 is 1.09 bits per heavy atom. The van der Waals surface area contributed by atoms with Crippen molar-refractivity contribution < 1.29 is 4.79 Å². The number of carbonyl (C=O) groups is 1. The van der Waals surface area contributed by atoms with E-state index in [2.05, 4.69) is 10.2 Å². The Bertz CT molecular complexity index is 486. The van der Waals surface area contributed by atoms with E-state index in [1.165, 1.54) is 25.7 Å². The molecule has 4 heteroatoms. The standard InChI is InChI=1S/C18H27N3O/c19-13-14-5-7-15(8-6-14)18(22)20-16-9-11-21(12-10-16)17-3-1-2-4-17/h5-8,16-17H,1-4,9-13,19H2,(H,20,22). The zero-order chi connectivity index (χ0) is 15.4. The van der Waals surface area contributed by atoms with Crippen molar-refractivity contribution in [1.82, 2.24) is 10.2 Å². The van der Waals surface area contributed by atoms with E-state index >= 15 is 0 Å². The van der Waals surface area contributed by atoms with Gasteiger partial charge in [0, 0.05) is 37.3 Å². The summed E-state index contributed by atoms with van der Waals surface area (Å²) in [5.41, 5.74) is 7.37. The van der Waals surface area contributed by atoms with Crippen LogP contribution >= 0.6 is 0 Å². The van der Waals surface area contributed by atoms with E-state index in [4.69, 9.17) is 5.73 Å². The second-order valence-electron chi connectivity index (χ2n) is 6.62. The summed E-state index contributed by atoms with van der Waals surface area (Å²) in [5, 5.41) is 3.19. The van der Waals surface area contributed by atoms with Gasteiger partial charge in [0.05, 0.1) is 0 Å². The maximum absolute atomic E-state index is 12.3. The van der Waals surface area contributed by atoms with Gasteiger partial charge in [-0.1, -0.05) is 25.0 Å². The average molecular weight is 301 g/mol. The molecule has 0 unspecified atom stereocenters. The van der Waals surface area contributed by atoms with Crippen LogP contribution in [0.4, 0.5) is 0 Å². The first-order valence-corrected chi connectivity index (χ1v) is 8.60. The first kappa shape index (κ1) is 15.5. The second kappa shape index (κ2) is 7.25. The van der Waals surface area contributed by atoms with Gasteiger partial charge < -0.3 is 16.0 Å². The lowest BCUT2D eigenvalue weighted by Gasteiger charge is -2.36. The van der Waals surface area contributed by atoms with E-state index in [9.17, 15) is 4.79 Å². The maximum Gasteiger partial charge on any atom is 0.251 e. The third kappa shape index (κ3) is 3.68. The molecule has 0 radical (unpaired) electrons. The minimum atomic E-state index is 0.0443. The molecule has 0 bridgehead atoms. The normalized spacial score (nSPS) is 21.1. The largest absolute Gasteiger partial charge is 0.349 e. The smallest absolute Gasteiger partial charge is 0.251 e. The molecule has 1 aliphatic carbocycles. The number of amides is 1. The van der Waals surface area contributed by atoms with Crippen molar-refractivity contribution >= 4 is 5.91 Å². The van der Waals surface area contributed by atoms with Crippen LogP contribution in [0, 0.1) is 0 Å². The Morgan fingerprint density at radius 2 is 1.73 bits per heavy atom. The summed E-state index contributed by atoms with van der Waals surface area (Å²) in [6.45, 7) is 2.77. The van der Waals surface area contributed by atoms with Gasteiger partial charge in [-0.2, -0.15) is 0 Å². The van der Waals surface area contributed by atoms with Gasteiger partial charge in [0.2, 0.25) is 0 Å². The van der Waals surface area contributed by atoms with Crippen LogP contribution in [-0.2, 0) is 6.54 Å². The molecule has 2 fully saturated rings. The topological polar surface area (TPSA) is 58.4 Å². The monoisotopic (exact) mass is 301 g/mol. The van der Waals surface area contributed by atoms with Gasteiger partial charge in [-0.05, 0) is 43.4 Å². The lowest BCUT2D eigenvalue weighted by molar-refractivity contribution is 0.0892. The van der Waals surface area contributed by atoms with Crippen molar-refractivity contribution in [2.24, 2.45) is 5.73 Å². The van der Waals surface area contributed by atoms with Gasteiger partial charge >= 0.3 is 0 Å². The molecule has 120 valence electrons. The summed E-state index contributed by atoms with van der Waals surface area (Å²) in [7, 11) is 0. The molecule has 1 saturated carbocycles. The minimum Gasteiger partial charge on any atom is -0.349 e. The van der Waals surface area contributed by atoms with Crippen molar-refractivity contribution in [2.75, 3.05) is 13.1 Å². The molecule has 4 nitrogen and oxygen atoms in total. The van der Waals surface area contributed by atoms with Crippen molar-refractivity contribution in [3.05, 3.63) is 35.4 Å². The molecule has 22 heavy (non-hydrogen) atoms. The summed E-state index contributed by atoms with van der Waals surface area (Å²) < 4.78 is 0. The fourth-order valence-corrected chi connectivity index (χ4v) is 3.74. The van der Waals surface area contributed by atoms with Crippen LogP contribution in [-0.4, -0.2) is 36.0 Å². The van der Waals surface area contributed by atoms with E-state index < -0.39 is 0 Å². The fraction of sp³-hybridized carbons (Fsp3) is 0.611. The Kier molecular flexibility index (Phi) is 5.11. The molecule has 1 heterocycles. The van der Waals surface area contributed by atoms with Gasteiger partial charge in [0.15, 0.2) is 0 Å². The highest BCUT2D eigenvalue weighted by atomic mass is 16.1. The number of nitrogens with zero attached hydrogens (tertiary/aromatic N) is 1. The molecular weight excluding hydrogens is 274 g/mol. The summed E-state index contributed by atoms with van der Waals surface area (Å²) in [6.07, 6.45) is 7.65. The third-order valence-corrected chi connectivity index (χ3v) is 5.16. The van der Waals surface area contributed by atoms with Crippen LogP contribution in [0.2, 0.25) is 0 Å². The Morgan fingerprint density at radius 3 is 2.32 bits per heavy atom. The Balaban J connectivity index is 1.48. The number of nitrogens with two attached hydrogens (primary N) is 1. The second-order valence-corrected chi connectivity index (χ2v) is 6.62. The lowest BCUT2D eigenvalue weighted by Crippen LogP contribution is -2.47. The number of hydrogen-bond donors (Lipinski definition) is 2. The summed E-state index contributed by atoms with van der Waals surface area (Å²) in [6, 6.07) is 8.71. The SMILES string of the molecule is NCc1ccc(C(=O)NC2CCN(C3CCCC3)CC2)cc1. The van der Waals surface area contributed by atoms with Crippen LogP contribution in [0.1, 0.15) is 54.4 Å². The van der Waals surface area contributed by atoms with E-state index in [0.717, 1.165) is 43.1 Å². The van der Waals surface area contributed by atoms with Crippen LogP contribution in [0.5, 0.6) is 0 Å². The van der Waals surface area contributed by atoms with Crippen molar-refractivity contribution in [3.8, 4) is 0 Å². The third-order valence-electron chi connectivity index (χ3n) is 5.16. The van der Waals surface area contributed by atoms with Gasteiger partial charge in [-0.15, -0.1) is 0 Å². The molecule has 1 aromatic rings. The molecular formula is C18H27N3O. The van der Waals surface area contributed by atoms with Gasteiger partial charge in [-0.3, -0.25) is 4.79 Å². The Labute approximate surface area is 133 Å². The molecule has 1 saturated heterocycles. The summed E-state index contributed by atoms with van der Waals surface area (Å²) in [5.74, 6) is 0.0443. The van der Waals surface area contributed by atoms with Crippen LogP contribution in [0.15, 0.2) is 24.3 Å². The van der Waals surface area contributed by atoms with E-state index in [0.29, 0.717) is 12.6 Å². The first-order valence-electron chi connectivity index (χ1n) is 8.60. The van der Waals surface area contributed by atoms with Gasteiger partial charge in [0.25, 0.3) is 5.91 Å². The maximum atomic E-state index is 12.3. The number of benzene rings is 1. The first-order chi connectivity index (χ1) is 10.8. The molecule has 1 amide bonds. The molecule has 3 rings (SSSR count). The molecule has 0 atom stereocenters. The van der Waals surface area contributed by atoms with E-state index in [1.807, 2.05) is 24.3 Å². The minimum absolute atomic E-state index is 0.0443. The average Bonchev–Trinajstić information content (AvgIpc) is 3.10. The number of nitrogens with one attached hydrogen (secondary N) is 1. The molecule has 0 spiro atoms. The van der Waals surface area contributed by atoms with Crippen molar-refractivity contribution in [1.29, 1.82) is 0 Å². The summed E-state index contributed by atoms with van der Waals surface area (Å²) >= 11 is 0. The number of carbonyl (C=O) groups excluding carboxylic acids is 1. The van der Waals surface area contributed by atoms with Crippen molar-refractivity contribution in [2.45, 2.75) is 57.2 Å². The van der Waals surface area contributed by atoms with E-state index in [1.54, 1.807) is 0 Å². The van der Waals surface area contributed by atoms with Gasteiger partial charge in [-0.25, -0.2) is 0 Å². The van der Waals surface area contributed by atoms with Crippen LogP contribution in [0.3, 0.4) is 0 Å². The molecule has 3 N–H and O–H groups in total. The van der Waals surface area contributed by atoms with Crippen LogP contribution < -0.4 is 11.1 Å². The number of likely N-dealkylation sites (tertiary alicyclic amines) is 1. The van der Waals surface area contributed by atoms with Crippen LogP contribution in [0.25, 0.3) is 0 Å². The highest BCUT2D eigenvalue weighted by Crippen LogP contribution is 2.26. The quantitative estimate of drug-likeness (QED) is 0.897. The summed E-state index contributed by atoms with van der Waals surface area (Å²) in [4.78, 5) is 14.9. The highest BCUT2D eigenvalue weighted by Gasteiger charge is 2.27. The predicted octanol–water partition coefficient (Wildman–Crippen LogP) is 2.28. The number of rotatable bonds is 4. The van der Waals surface area contributed by atoms with E-state index in [-0.39, 0.29) is 5.91 Å².